The van der Waals surface area contributed by atoms with Crippen LogP contribution >= 0.6 is 11.8 Å². The Morgan fingerprint density at radius 2 is 0.686 bits per heavy atom. The summed E-state index contributed by atoms with van der Waals surface area (Å²) in [6.45, 7) is 4.48. The molecule has 208 valence electrons. The van der Waals surface area contributed by atoms with Gasteiger partial charge in [-0.2, -0.15) is 0 Å². The Balaban J connectivity index is 3.89. The minimum atomic E-state index is -1.13. The van der Waals surface area contributed by atoms with Crippen molar-refractivity contribution in [2.24, 2.45) is 0 Å². The third-order valence-electron chi connectivity index (χ3n) is 6.99. The predicted molar refractivity (Wildman–Crippen MR) is 147 cm³/mol. The number of carboxylic acid groups (broad SMARTS) is 2. The van der Waals surface area contributed by atoms with Crippen LogP contribution in [0.15, 0.2) is 0 Å². The number of carbonyl (C=O) groups excluding carboxylic acids is 2. The van der Waals surface area contributed by atoms with E-state index in [1.807, 2.05) is 0 Å². The molecule has 0 aromatic heterocycles. The van der Waals surface area contributed by atoms with Gasteiger partial charge in [0.25, 0.3) is 0 Å². The topological polar surface area (TPSA) is 80.3 Å². The lowest BCUT2D eigenvalue weighted by molar-refractivity contribution is -0.305. The molecule has 0 fully saturated rings. The summed E-state index contributed by atoms with van der Waals surface area (Å²) in [4.78, 5) is 23.2. The van der Waals surface area contributed by atoms with Crippen molar-refractivity contribution < 1.29 is 19.8 Å². The third kappa shape index (κ3) is 23.4. The molecular weight excluding hydrogens is 456 g/mol. The molecule has 0 aromatic carbocycles. The Labute approximate surface area is 221 Å². The fraction of sp³-hybridized carbons (Fsp3) is 0.933. The van der Waals surface area contributed by atoms with E-state index in [9.17, 15) is 19.8 Å². The second-order valence-electron chi connectivity index (χ2n) is 10.4. The largest absolute Gasteiger partial charge is 0.549 e. The smallest absolute Gasteiger partial charge is 0.0544 e. The first-order valence-corrected chi connectivity index (χ1v) is 16.0. The van der Waals surface area contributed by atoms with Crippen LogP contribution in [0.3, 0.4) is 0 Å². The maximum Gasteiger partial charge on any atom is 0.0544 e. The zero-order chi connectivity index (χ0) is 26.0. The monoisotopic (exact) mass is 512 g/mol. The average Bonchev–Trinajstić information content (AvgIpc) is 2.83. The Bertz CT molecular complexity index is 441. The highest BCUT2D eigenvalue weighted by Crippen LogP contribution is 2.27. The summed E-state index contributed by atoms with van der Waals surface area (Å²) >= 11 is 1.04. The van der Waals surface area contributed by atoms with E-state index in [-0.39, 0.29) is 0 Å². The highest BCUT2D eigenvalue weighted by Gasteiger charge is 2.19. The van der Waals surface area contributed by atoms with Gasteiger partial charge in [0.2, 0.25) is 0 Å². The van der Waals surface area contributed by atoms with Crippen molar-refractivity contribution in [3.05, 3.63) is 0 Å². The van der Waals surface area contributed by atoms with Crippen molar-refractivity contribution in [1.82, 2.24) is 0 Å². The standard InChI is InChI=1S/C30H58O4S/c1-3-5-7-9-11-13-15-17-19-21-23-25-27(29(31)32)35-28(30(33)34)26-24-22-20-18-16-14-12-10-8-6-4-2/h27-28H,3-26H2,1-2H3,(H,31,32)(H,33,34)/p-2. The summed E-state index contributed by atoms with van der Waals surface area (Å²) in [6, 6.07) is 0. The van der Waals surface area contributed by atoms with E-state index >= 15 is 0 Å². The minimum Gasteiger partial charge on any atom is -0.549 e. The van der Waals surface area contributed by atoms with Crippen molar-refractivity contribution in [1.29, 1.82) is 0 Å². The van der Waals surface area contributed by atoms with Crippen molar-refractivity contribution in [3.63, 3.8) is 0 Å². The van der Waals surface area contributed by atoms with Crippen LogP contribution in [0.4, 0.5) is 0 Å². The molecule has 0 heterocycles. The van der Waals surface area contributed by atoms with E-state index < -0.39 is 22.4 Å². The van der Waals surface area contributed by atoms with E-state index in [1.54, 1.807) is 0 Å². The number of unbranched alkanes of at least 4 members (excludes halogenated alkanes) is 20. The lowest BCUT2D eigenvalue weighted by Gasteiger charge is -2.25. The maximum absolute atomic E-state index is 11.6. The van der Waals surface area contributed by atoms with Gasteiger partial charge in [-0.3, -0.25) is 0 Å². The molecule has 0 aromatic rings. The number of carboxylic acids is 2. The summed E-state index contributed by atoms with van der Waals surface area (Å²) in [5.41, 5.74) is 0. The molecule has 35 heavy (non-hydrogen) atoms. The van der Waals surface area contributed by atoms with Crippen LogP contribution in [0.1, 0.15) is 168 Å². The zero-order valence-electron chi connectivity index (χ0n) is 23.2. The first-order chi connectivity index (χ1) is 17.0. The molecule has 4 nitrogen and oxygen atoms in total. The van der Waals surface area contributed by atoms with Crippen LogP contribution < -0.4 is 10.2 Å². The molecule has 0 amide bonds. The van der Waals surface area contributed by atoms with Gasteiger partial charge in [-0.25, -0.2) is 0 Å². The summed E-state index contributed by atoms with van der Waals surface area (Å²) in [5.74, 6) is -2.26. The van der Waals surface area contributed by atoms with Crippen molar-refractivity contribution in [3.8, 4) is 0 Å². The van der Waals surface area contributed by atoms with Gasteiger partial charge < -0.3 is 19.8 Å². The molecule has 0 aliphatic heterocycles. The molecule has 5 heteroatoms. The van der Waals surface area contributed by atoms with E-state index in [2.05, 4.69) is 13.8 Å². The number of thioether (sulfide) groups is 1. The summed E-state index contributed by atoms with van der Waals surface area (Å²) in [6.07, 6.45) is 27.7. The molecule has 0 saturated heterocycles. The molecule has 0 aliphatic carbocycles. The third-order valence-corrected chi connectivity index (χ3v) is 8.51. The highest BCUT2D eigenvalue weighted by atomic mass is 32.2. The molecular formula is C30H56O4S-2. The Morgan fingerprint density at radius 3 is 0.914 bits per heavy atom. The first kappa shape index (κ1) is 34.3. The first-order valence-electron chi connectivity index (χ1n) is 15.1. The van der Waals surface area contributed by atoms with Gasteiger partial charge >= 0.3 is 0 Å². The van der Waals surface area contributed by atoms with Gasteiger partial charge in [0, 0.05) is 10.5 Å². The Morgan fingerprint density at radius 1 is 0.457 bits per heavy atom. The van der Waals surface area contributed by atoms with E-state index in [0.29, 0.717) is 12.8 Å². The average molecular weight is 513 g/mol. The number of hydrogen-bond acceptors (Lipinski definition) is 5. The van der Waals surface area contributed by atoms with Gasteiger partial charge in [0.1, 0.15) is 0 Å². The van der Waals surface area contributed by atoms with Gasteiger partial charge in [0.05, 0.1) is 11.9 Å². The van der Waals surface area contributed by atoms with Gasteiger partial charge in [-0.15, -0.1) is 11.8 Å². The predicted octanol–water partition coefficient (Wildman–Crippen LogP) is 7.36. The molecule has 0 rings (SSSR count). The fourth-order valence-electron chi connectivity index (χ4n) is 4.67. The van der Waals surface area contributed by atoms with E-state index in [4.69, 9.17) is 0 Å². The van der Waals surface area contributed by atoms with Crippen molar-refractivity contribution >= 4 is 23.7 Å². The lowest BCUT2D eigenvalue weighted by Crippen LogP contribution is -2.39. The lowest BCUT2D eigenvalue weighted by atomic mass is 10.0. The number of aliphatic carboxylic acids is 2. The van der Waals surface area contributed by atoms with Gasteiger partial charge in [-0.05, 0) is 12.8 Å². The Hall–Kier alpha value is -0.710. The fourth-order valence-corrected chi connectivity index (χ4v) is 5.89. The highest BCUT2D eigenvalue weighted by molar-refractivity contribution is 8.01. The number of rotatable bonds is 28. The van der Waals surface area contributed by atoms with E-state index in [0.717, 1.165) is 50.3 Å². The Kier molecular flexibility index (Phi) is 25.8. The summed E-state index contributed by atoms with van der Waals surface area (Å²) in [7, 11) is 0. The van der Waals surface area contributed by atoms with Crippen LogP contribution in [0.2, 0.25) is 0 Å². The van der Waals surface area contributed by atoms with Gasteiger partial charge in [-0.1, -0.05) is 155 Å². The van der Waals surface area contributed by atoms with Crippen molar-refractivity contribution in [2.75, 3.05) is 0 Å². The second kappa shape index (κ2) is 26.4. The quantitative estimate of drug-likeness (QED) is 0.102. The number of carbonyl (C=O) groups is 2. The van der Waals surface area contributed by atoms with Gasteiger partial charge in [0.15, 0.2) is 0 Å². The minimum absolute atomic E-state index is 0.492. The molecule has 0 radical (unpaired) electrons. The molecule has 0 spiro atoms. The van der Waals surface area contributed by atoms with Crippen LogP contribution in [0.25, 0.3) is 0 Å². The van der Waals surface area contributed by atoms with Crippen molar-refractivity contribution in [2.45, 2.75) is 178 Å². The second-order valence-corrected chi connectivity index (χ2v) is 11.8. The van der Waals surface area contributed by atoms with Crippen LogP contribution in [0.5, 0.6) is 0 Å². The summed E-state index contributed by atoms with van der Waals surface area (Å²) in [5, 5.41) is 21.7. The maximum atomic E-state index is 11.6. The molecule has 2 atom stereocenters. The molecule has 0 saturated carbocycles. The summed E-state index contributed by atoms with van der Waals surface area (Å²) < 4.78 is 0. The SMILES string of the molecule is CCCCCCCCCCCCCC(SC(CCCCCCCCCCCCC)C(=O)[O-])C(=O)[O-]. The van der Waals surface area contributed by atoms with Crippen LogP contribution in [0, 0.1) is 0 Å². The number of hydrogen-bond donors (Lipinski definition) is 0. The molecule has 0 N–H and O–H groups in total. The zero-order valence-corrected chi connectivity index (χ0v) is 24.0. The molecule has 0 bridgehead atoms. The molecule has 2 unspecified atom stereocenters. The van der Waals surface area contributed by atoms with Crippen LogP contribution in [-0.2, 0) is 9.59 Å². The molecule has 0 aliphatic rings. The van der Waals surface area contributed by atoms with E-state index in [1.165, 1.54) is 103 Å². The normalized spacial score (nSPS) is 13.1. The van der Waals surface area contributed by atoms with Crippen LogP contribution in [-0.4, -0.2) is 22.4 Å².